The first-order chi connectivity index (χ1) is 13.1. The number of fused-ring (bicyclic) bond motifs is 1. The van der Waals surface area contributed by atoms with Crippen molar-refractivity contribution in [3.8, 4) is 6.07 Å². The first kappa shape index (κ1) is 18.1. The molecule has 0 saturated carbocycles. The lowest BCUT2D eigenvalue weighted by molar-refractivity contribution is -0.129. The van der Waals surface area contributed by atoms with E-state index in [4.69, 9.17) is 0 Å². The van der Waals surface area contributed by atoms with Crippen molar-refractivity contribution in [2.45, 2.75) is 19.3 Å². The summed E-state index contributed by atoms with van der Waals surface area (Å²) < 4.78 is 0.957. The Bertz CT molecular complexity index is 964. The highest BCUT2D eigenvalue weighted by molar-refractivity contribution is 9.10. The molecule has 2 aromatic carbocycles. The van der Waals surface area contributed by atoms with E-state index < -0.39 is 0 Å². The molecular weight excluding hydrogens is 422 g/mol. The van der Waals surface area contributed by atoms with Gasteiger partial charge in [-0.3, -0.25) is 9.69 Å². The summed E-state index contributed by atoms with van der Waals surface area (Å²) in [6, 6.07) is 18.6. The van der Waals surface area contributed by atoms with Crippen LogP contribution in [0.25, 0.3) is 0 Å². The van der Waals surface area contributed by atoms with E-state index in [-0.39, 0.29) is 11.8 Å². The Balaban J connectivity index is 1.66. The summed E-state index contributed by atoms with van der Waals surface area (Å²) in [4.78, 5) is 16.9. The van der Waals surface area contributed by atoms with Crippen LogP contribution in [0.1, 0.15) is 23.5 Å². The van der Waals surface area contributed by atoms with Crippen LogP contribution in [0.5, 0.6) is 0 Å². The molecule has 2 aliphatic rings. The van der Waals surface area contributed by atoms with Gasteiger partial charge >= 0.3 is 0 Å². The number of aryl methyl sites for hydroxylation is 1. The van der Waals surface area contributed by atoms with Gasteiger partial charge in [0.2, 0.25) is 5.91 Å². The first-order valence-electron chi connectivity index (χ1n) is 8.71. The molecule has 0 spiro atoms. The van der Waals surface area contributed by atoms with Crippen molar-refractivity contribution in [1.82, 2.24) is 4.90 Å². The molecule has 27 heavy (non-hydrogen) atoms. The third-order valence-electron chi connectivity index (χ3n) is 4.94. The second kappa shape index (κ2) is 7.41. The van der Waals surface area contributed by atoms with Gasteiger partial charge in [0.1, 0.15) is 0 Å². The van der Waals surface area contributed by atoms with Crippen LogP contribution in [-0.4, -0.2) is 23.4 Å². The lowest BCUT2D eigenvalue weighted by Crippen LogP contribution is -2.47. The number of anilines is 1. The molecule has 0 aromatic heterocycles. The molecule has 6 heteroatoms. The van der Waals surface area contributed by atoms with Gasteiger partial charge in [0.05, 0.1) is 29.2 Å². The molecule has 2 aromatic rings. The van der Waals surface area contributed by atoms with E-state index in [0.717, 1.165) is 26.6 Å². The Hall–Kier alpha value is -2.23. The number of thioether (sulfide) groups is 1. The van der Waals surface area contributed by atoms with Gasteiger partial charge < -0.3 is 4.90 Å². The van der Waals surface area contributed by atoms with Crippen molar-refractivity contribution < 1.29 is 4.79 Å². The van der Waals surface area contributed by atoms with Crippen molar-refractivity contribution in [3.63, 3.8) is 0 Å². The summed E-state index contributed by atoms with van der Waals surface area (Å²) >= 11 is 5.06. The lowest BCUT2D eigenvalue weighted by Gasteiger charge is -2.42. The number of rotatable bonds is 2. The maximum Gasteiger partial charge on any atom is 0.229 e. The van der Waals surface area contributed by atoms with Gasteiger partial charge in [-0.05, 0) is 36.8 Å². The van der Waals surface area contributed by atoms with E-state index in [1.54, 1.807) is 16.7 Å². The van der Waals surface area contributed by atoms with Crippen molar-refractivity contribution >= 4 is 39.3 Å². The maximum absolute atomic E-state index is 12.9. The normalized spacial score (nSPS) is 19.7. The predicted molar refractivity (Wildman–Crippen MR) is 112 cm³/mol. The van der Waals surface area contributed by atoms with Crippen LogP contribution in [0.2, 0.25) is 0 Å². The molecule has 2 heterocycles. The molecule has 1 atom stereocenters. The Morgan fingerprint density at radius 2 is 2.00 bits per heavy atom. The quantitative estimate of drug-likeness (QED) is 0.661. The van der Waals surface area contributed by atoms with Crippen LogP contribution in [0, 0.1) is 18.3 Å². The number of benzene rings is 2. The summed E-state index contributed by atoms with van der Waals surface area (Å²) in [7, 11) is 0. The SMILES string of the molecule is Cc1ccc(N2CSC3=C(C#N)[C@H](c4cccc(Br)c4)CC(=O)N3C2)cc1. The Morgan fingerprint density at radius 3 is 2.70 bits per heavy atom. The number of nitrogens with zero attached hydrogens (tertiary/aromatic N) is 3. The van der Waals surface area contributed by atoms with Crippen LogP contribution in [0.3, 0.4) is 0 Å². The molecule has 0 radical (unpaired) electrons. The van der Waals surface area contributed by atoms with Gasteiger partial charge in [-0.2, -0.15) is 5.26 Å². The minimum atomic E-state index is -0.176. The summed E-state index contributed by atoms with van der Waals surface area (Å²) in [6.45, 7) is 2.55. The molecule has 0 N–H and O–H groups in total. The number of amides is 1. The molecule has 1 saturated heterocycles. The molecule has 1 fully saturated rings. The number of halogens is 1. The summed E-state index contributed by atoms with van der Waals surface area (Å²) in [5, 5.41) is 10.7. The van der Waals surface area contributed by atoms with E-state index >= 15 is 0 Å². The molecule has 0 aliphatic carbocycles. The van der Waals surface area contributed by atoms with Gasteiger partial charge in [0, 0.05) is 22.5 Å². The summed E-state index contributed by atoms with van der Waals surface area (Å²) in [5.41, 5.74) is 4.00. The fraction of sp³-hybridized carbons (Fsp3) is 0.238. The average Bonchev–Trinajstić information content (AvgIpc) is 2.68. The zero-order valence-electron chi connectivity index (χ0n) is 14.9. The monoisotopic (exact) mass is 439 g/mol. The number of carbonyl (C=O) groups is 1. The molecule has 0 unspecified atom stereocenters. The molecule has 2 aliphatic heterocycles. The minimum Gasteiger partial charge on any atom is -0.344 e. The summed E-state index contributed by atoms with van der Waals surface area (Å²) in [6.07, 6.45) is 0.325. The molecule has 4 nitrogen and oxygen atoms in total. The Labute approximate surface area is 171 Å². The standard InChI is InChI=1S/C21H18BrN3OS/c1-14-5-7-17(8-6-14)24-12-25-20(26)10-18(15-3-2-4-16(22)9-15)19(11-23)21(25)27-13-24/h2-9,18H,10,12-13H2,1H3/t18-/m0/s1. The number of carbonyl (C=O) groups excluding carboxylic acids is 1. The van der Waals surface area contributed by atoms with Crippen LogP contribution in [0.4, 0.5) is 5.69 Å². The van der Waals surface area contributed by atoms with Crippen molar-refractivity contribution in [1.29, 1.82) is 5.26 Å². The Kier molecular flexibility index (Phi) is 4.98. The van der Waals surface area contributed by atoms with Crippen LogP contribution in [-0.2, 0) is 4.79 Å². The van der Waals surface area contributed by atoms with Gasteiger partial charge in [-0.25, -0.2) is 0 Å². The highest BCUT2D eigenvalue weighted by Gasteiger charge is 2.38. The first-order valence-corrected chi connectivity index (χ1v) is 10.5. The van der Waals surface area contributed by atoms with E-state index in [9.17, 15) is 10.1 Å². The van der Waals surface area contributed by atoms with E-state index in [1.807, 2.05) is 24.3 Å². The second-order valence-electron chi connectivity index (χ2n) is 6.75. The summed E-state index contributed by atoms with van der Waals surface area (Å²) in [5.74, 6) is 0.612. The number of allylic oxidation sites excluding steroid dienone is 1. The highest BCUT2D eigenvalue weighted by Crippen LogP contribution is 2.43. The minimum absolute atomic E-state index is 0.0679. The zero-order valence-corrected chi connectivity index (χ0v) is 17.3. The lowest BCUT2D eigenvalue weighted by atomic mass is 9.86. The van der Waals surface area contributed by atoms with E-state index in [2.05, 4.69) is 58.1 Å². The molecule has 136 valence electrons. The van der Waals surface area contributed by atoms with Gasteiger partial charge in [0.25, 0.3) is 0 Å². The molecule has 0 bridgehead atoms. The molecule has 4 rings (SSSR count). The fourth-order valence-electron chi connectivity index (χ4n) is 3.49. The van der Waals surface area contributed by atoms with Crippen LogP contribution in [0.15, 0.2) is 63.6 Å². The van der Waals surface area contributed by atoms with Gasteiger partial charge in [-0.15, -0.1) is 0 Å². The Morgan fingerprint density at radius 1 is 1.22 bits per heavy atom. The van der Waals surface area contributed by atoms with Crippen molar-refractivity contribution in [2.75, 3.05) is 17.4 Å². The molecule has 1 amide bonds. The third kappa shape index (κ3) is 3.50. The highest BCUT2D eigenvalue weighted by atomic mass is 79.9. The zero-order chi connectivity index (χ0) is 19.0. The van der Waals surface area contributed by atoms with Crippen molar-refractivity contribution in [2.24, 2.45) is 0 Å². The maximum atomic E-state index is 12.9. The van der Waals surface area contributed by atoms with Crippen LogP contribution < -0.4 is 4.90 Å². The number of hydrogen-bond donors (Lipinski definition) is 0. The molecular formula is C21H18BrN3OS. The largest absolute Gasteiger partial charge is 0.344 e. The van der Waals surface area contributed by atoms with Gasteiger partial charge in [-0.1, -0.05) is 57.5 Å². The third-order valence-corrected chi connectivity index (χ3v) is 6.59. The van der Waals surface area contributed by atoms with Gasteiger partial charge in [0.15, 0.2) is 0 Å². The number of nitriles is 1. The van der Waals surface area contributed by atoms with Crippen LogP contribution >= 0.6 is 27.7 Å². The van der Waals surface area contributed by atoms with E-state index in [0.29, 0.717) is 18.7 Å². The fourth-order valence-corrected chi connectivity index (χ4v) is 5.07. The second-order valence-corrected chi connectivity index (χ2v) is 8.60. The van der Waals surface area contributed by atoms with E-state index in [1.165, 1.54) is 5.56 Å². The average molecular weight is 440 g/mol. The topological polar surface area (TPSA) is 47.3 Å². The van der Waals surface area contributed by atoms with Crippen molar-refractivity contribution in [3.05, 3.63) is 74.7 Å². The number of hydrogen-bond acceptors (Lipinski definition) is 4. The predicted octanol–water partition coefficient (Wildman–Crippen LogP) is 4.98. The smallest absolute Gasteiger partial charge is 0.229 e.